The van der Waals surface area contributed by atoms with Gasteiger partial charge < -0.3 is 24.1 Å². The smallest absolute Gasteiger partial charge is 0.305 e. The van der Waals surface area contributed by atoms with Crippen molar-refractivity contribution in [2.24, 2.45) is 0 Å². The van der Waals surface area contributed by atoms with Crippen LogP contribution in [-0.2, 0) is 20.7 Å². The molecule has 2 aromatic carbocycles. The number of nitrogens with one attached hydrogen (secondary N) is 1. The molecular weight excluding hydrogens is 444 g/mol. The van der Waals surface area contributed by atoms with Gasteiger partial charge in [-0.3, -0.25) is 9.59 Å². The molecule has 0 aliphatic carbocycles. The molecule has 1 unspecified atom stereocenters. The largest absolute Gasteiger partial charge is 0.497 e. The van der Waals surface area contributed by atoms with E-state index in [1.54, 1.807) is 14.2 Å². The van der Waals surface area contributed by atoms with E-state index in [1.165, 1.54) is 5.56 Å². The van der Waals surface area contributed by atoms with Crippen LogP contribution in [0.4, 0.5) is 0 Å². The highest BCUT2D eigenvalue weighted by atomic mass is 16.5. The number of nitrogens with zero attached hydrogens (tertiary/aromatic N) is 1. The van der Waals surface area contributed by atoms with Crippen LogP contribution >= 0.6 is 0 Å². The van der Waals surface area contributed by atoms with Crippen molar-refractivity contribution in [1.29, 1.82) is 0 Å². The third kappa shape index (κ3) is 5.29. The molecular formula is C28H34N2O5. The van der Waals surface area contributed by atoms with E-state index in [1.807, 2.05) is 48.2 Å². The van der Waals surface area contributed by atoms with Crippen LogP contribution in [0.5, 0.6) is 11.5 Å². The van der Waals surface area contributed by atoms with Crippen LogP contribution in [0.2, 0.25) is 0 Å². The maximum Gasteiger partial charge on any atom is 0.305 e. The molecule has 1 aromatic heterocycles. The molecule has 35 heavy (non-hydrogen) atoms. The molecule has 1 aliphatic rings. The zero-order valence-electron chi connectivity index (χ0n) is 20.8. The summed E-state index contributed by atoms with van der Waals surface area (Å²) < 4.78 is 16.1. The molecule has 4 rings (SSSR count). The number of H-pyrrole nitrogens is 1. The number of aromatic nitrogens is 1. The average molecular weight is 479 g/mol. The van der Waals surface area contributed by atoms with E-state index >= 15 is 0 Å². The molecule has 7 heteroatoms. The van der Waals surface area contributed by atoms with E-state index in [0.717, 1.165) is 59.3 Å². The lowest BCUT2D eigenvalue weighted by Gasteiger charge is -2.37. The van der Waals surface area contributed by atoms with Gasteiger partial charge in [0.2, 0.25) is 5.91 Å². The topological polar surface area (TPSA) is 80.9 Å². The Labute approximate surface area is 206 Å². The van der Waals surface area contributed by atoms with Gasteiger partial charge in [-0.15, -0.1) is 0 Å². The highest BCUT2D eigenvalue weighted by Crippen LogP contribution is 2.42. The number of ether oxygens (including phenoxy) is 3. The van der Waals surface area contributed by atoms with E-state index in [-0.39, 0.29) is 17.9 Å². The van der Waals surface area contributed by atoms with E-state index < -0.39 is 0 Å². The number of unbranched alkanes of at least 4 members (excludes halogenated alkanes) is 2. The fourth-order valence-electron chi connectivity index (χ4n) is 4.98. The number of benzene rings is 2. The molecule has 0 bridgehead atoms. The predicted molar refractivity (Wildman–Crippen MR) is 135 cm³/mol. The minimum Gasteiger partial charge on any atom is -0.497 e. The predicted octanol–water partition coefficient (Wildman–Crippen LogP) is 5.17. The standard InChI is InChI=1S/C28H34N2O5/c1-4-35-26(32)13-7-5-6-12-25(31)30-17-16-20-22-18-19(33-2)14-15-23(22)29-27(20)28(30)21-10-8-9-11-24(21)34-3/h8-11,14-15,18,28-29H,4-7,12-13,16-17H2,1-3H3. The van der Waals surface area contributed by atoms with Crippen molar-refractivity contribution in [2.75, 3.05) is 27.4 Å². The maximum absolute atomic E-state index is 13.5. The molecule has 186 valence electrons. The summed E-state index contributed by atoms with van der Waals surface area (Å²) in [6.45, 7) is 2.84. The van der Waals surface area contributed by atoms with Gasteiger partial charge in [0.1, 0.15) is 17.5 Å². The van der Waals surface area contributed by atoms with Crippen LogP contribution in [0.3, 0.4) is 0 Å². The number of esters is 1. The Kier molecular flexibility index (Phi) is 7.95. The van der Waals surface area contributed by atoms with Crippen molar-refractivity contribution in [2.45, 2.75) is 51.5 Å². The fourth-order valence-corrected chi connectivity index (χ4v) is 4.98. The minimum absolute atomic E-state index is 0.110. The lowest BCUT2D eigenvalue weighted by Crippen LogP contribution is -2.40. The van der Waals surface area contributed by atoms with Gasteiger partial charge in [-0.25, -0.2) is 0 Å². The fraction of sp³-hybridized carbons (Fsp3) is 0.429. The van der Waals surface area contributed by atoms with Crippen LogP contribution in [0, 0.1) is 0 Å². The first kappa shape index (κ1) is 24.6. The van der Waals surface area contributed by atoms with E-state index in [9.17, 15) is 9.59 Å². The Morgan fingerprint density at radius 1 is 1.03 bits per heavy atom. The zero-order valence-corrected chi connectivity index (χ0v) is 20.8. The number of aromatic amines is 1. The van der Waals surface area contributed by atoms with Crippen LogP contribution in [0.1, 0.15) is 61.9 Å². The summed E-state index contributed by atoms with van der Waals surface area (Å²) in [6, 6.07) is 13.7. The number of carbonyl (C=O) groups is 2. The summed E-state index contributed by atoms with van der Waals surface area (Å²) in [4.78, 5) is 30.6. The molecule has 0 saturated heterocycles. The van der Waals surface area contributed by atoms with Gasteiger partial charge >= 0.3 is 5.97 Å². The van der Waals surface area contributed by atoms with Crippen LogP contribution in [-0.4, -0.2) is 49.1 Å². The lowest BCUT2D eigenvalue weighted by atomic mass is 9.91. The quantitative estimate of drug-likeness (QED) is 0.321. The summed E-state index contributed by atoms with van der Waals surface area (Å²) in [5, 5.41) is 1.13. The third-order valence-electron chi connectivity index (χ3n) is 6.66. The van der Waals surface area contributed by atoms with Crippen molar-refractivity contribution in [1.82, 2.24) is 9.88 Å². The number of methoxy groups -OCH3 is 2. The molecule has 2 heterocycles. The summed E-state index contributed by atoms with van der Waals surface area (Å²) >= 11 is 0. The van der Waals surface area contributed by atoms with Gasteiger partial charge in [-0.2, -0.15) is 0 Å². The van der Waals surface area contributed by atoms with Crippen LogP contribution in [0.25, 0.3) is 10.9 Å². The minimum atomic E-state index is -0.264. The number of hydrogen-bond acceptors (Lipinski definition) is 5. The first-order valence-electron chi connectivity index (χ1n) is 12.3. The van der Waals surface area contributed by atoms with Gasteiger partial charge in [-0.05, 0) is 56.0 Å². The monoisotopic (exact) mass is 478 g/mol. The van der Waals surface area contributed by atoms with Crippen molar-refractivity contribution < 1.29 is 23.8 Å². The summed E-state index contributed by atoms with van der Waals surface area (Å²) in [5.74, 6) is 1.51. The van der Waals surface area contributed by atoms with Crippen molar-refractivity contribution in [3.05, 3.63) is 59.3 Å². The summed E-state index contributed by atoms with van der Waals surface area (Å²) in [6.07, 6.45) is 3.90. The number of amides is 1. The maximum atomic E-state index is 13.5. The molecule has 1 amide bonds. The normalized spacial score (nSPS) is 15.1. The lowest BCUT2D eigenvalue weighted by molar-refractivity contribution is -0.143. The number of rotatable bonds is 10. The van der Waals surface area contributed by atoms with Gasteiger partial charge in [0.05, 0.1) is 20.8 Å². The van der Waals surface area contributed by atoms with E-state index in [2.05, 4.69) is 11.1 Å². The number of para-hydroxylation sites is 1. The number of hydrogen-bond donors (Lipinski definition) is 1. The molecule has 7 nitrogen and oxygen atoms in total. The molecule has 0 saturated carbocycles. The molecule has 1 atom stereocenters. The second kappa shape index (κ2) is 11.3. The molecule has 1 aliphatic heterocycles. The van der Waals surface area contributed by atoms with Crippen molar-refractivity contribution in [3.8, 4) is 11.5 Å². The van der Waals surface area contributed by atoms with Crippen LogP contribution < -0.4 is 9.47 Å². The SMILES string of the molecule is CCOC(=O)CCCCCC(=O)N1CCc2c([nH]c3ccc(OC)cc23)C1c1ccccc1OC. The molecule has 3 aromatic rings. The second-order valence-electron chi connectivity index (χ2n) is 8.78. The first-order valence-corrected chi connectivity index (χ1v) is 12.3. The van der Waals surface area contributed by atoms with Gasteiger partial charge in [0.15, 0.2) is 0 Å². The Balaban J connectivity index is 1.59. The number of carbonyl (C=O) groups excluding carboxylic acids is 2. The van der Waals surface area contributed by atoms with E-state index in [0.29, 0.717) is 26.0 Å². The Hall–Kier alpha value is -3.48. The summed E-state index contributed by atoms with van der Waals surface area (Å²) in [7, 11) is 3.33. The number of fused-ring (bicyclic) bond motifs is 3. The Bertz CT molecular complexity index is 1190. The first-order chi connectivity index (χ1) is 17.1. The zero-order chi connectivity index (χ0) is 24.8. The molecule has 0 radical (unpaired) electrons. The van der Waals surface area contributed by atoms with Crippen molar-refractivity contribution >= 4 is 22.8 Å². The van der Waals surface area contributed by atoms with Crippen LogP contribution in [0.15, 0.2) is 42.5 Å². The van der Waals surface area contributed by atoms with Gasteiger partial charge in [0.25, 0.3) is 0 Å². The third-order valence-corrected chi connectivity index (χ3v) is 6.66. The molecule has 1 N–H and O–H groups in total. The second-order valence-corrected chi connectivity index (χ2v) is 8.78. The van der Waals surface area contributed by atoms with Gasteiger partial charge in [-0.1, -0.05) is 24.6 Å². The van der Waals surface area contributed by atoms with E-state index in [4.69, 9.17) is 14.2 Å². The highest BCUT2D eigenvalue weighted by Gasteiger charge is 2.35. The summed E-state index contributed by atoms with van der Waals surface area (Å²) in [5.41, 5.74) is 4.24. The highest BCUT2D eigenvalue weighted by molar-refractivity contribution is 5.88. The van der Waals surface area contributed by atoms with Gasteiger partial charge in [0, 0.05) is 41.5 Å². The molecule has 0 spiro atoms. The van der Waals surface area contributed by atoms with Crippen molar-refractivity contribution in [3.63, 3.8) is 0 Å². The Morgan fingerprint density at radius 2 is 1.83 bits per heavy atom. The average Bonchev–Trinajstić information content (AvgIpc) is 3.25. The molecule has 0 fully saturated rings. The Morgan fingerprint density at radius 3 is 2.60 bits per heavy atom.